The van der Waals surface area contributed by atoms with Gasteiger partial charge in [0.1, 0.15) is 0 Å². The van der Waals surface area contributed by atoms with Crippen LogP contribution in [0, 0.1) is 27.7 Å². The molecule has 3 rings (SSSR count). The van der Waals surface area contributed by atoms with Crippen molar-refractivity contribution in [2.45, 2.75) is 41.0 Å². The number of benzene rings is 2. The van der Waals surface area contributed by atoms with E-state index in [1.54, 1.807) is 0 Å². The van der Waals surface area contributed by atoms with E-state index in [1.807, 2.05) is 0 Å². The van der Waals surface area contributed by atoms with Gasteiger partial charge in [0.2, 0.25) is 0 Å². The smallest absolute Gasteiger partial charge is 0.0724 e. The van der Waals surface area contributed by atoms with Crippen molar-refractivity contribution in [3.63, 3.8) is 0 Å². The first-order chi connectivity index (χ1) is 12.0. The van der Waals surface area contributed by atoms with E-state index in [1.165, 1.54) is 44.0 Å². The highest BCUT2D eigenvalue weighted by Crippen LogP contribution is 2.33. The van der Waals surface area contributed by atoms with Gasteiger partial charge in [0.05, 0.1) is 5.44 Å². The lowest BCUT2D eigenvalue weighted by Gasteiger charge is -2.21. The van der Waals surface area contributed by atoms with Crippen LogP contribution in [0.4, 0.5) is 0 Å². The molecular formula is C23H26NP. The van der Waals surface area contributed by atoms with Crippen molar-refractivity contribution in [3.05, 3.63) is 82.5 Å². The molecule has 0 saturated heterocycles. The van der Waals surface area contributed by atoms with Gasteiger partial charge in [-0.15, -0.1) is 0 Å². The molecule has 128 valence electrons. The summed E-state index contributed by atoms with van der Waals surface area (Å²) in [4.78, 5) is 4.99. The molecule has 0 aliphatic heterocycles. The normalized spacial score (nSPS) is 11.1. The molecule has 0 aliphatic carbocycles. The van der Waals surface area contributed by atoms with E-state index in [-0.39, 0.29) is 0 Å². The standard InChI is InChI=1S/C23H26NP/c1-6-20-8-7-9-23(24-20)25(21-12-16(2)10-17(3)13-21)22-14-18(4)11-19(5)15-22/h7-15H,6H2,1-5H3. The molecule has 0 atom stereocenters. The van der Waals surface area contributed by atoms with Crippen LogP contribution < -0.4 is 16.0 Å². The molecule has 0 bridgehead atoms. The van der Waals surface area contributed by atoms with Crippen LogP contribution in [0.15, 0.2) is 54.6 Å². The summed E-state index contributed by atoms with van der Waals surface area (Å²) in [5.41, 5.74) is 7.64. The third-order valence-electron chi connectivity index (χ3n) is 4.31. The Morgan fingerprint density at radius 3 is 1.64 bits per heavy atom. The van der Waals surface area contributed by atoms with Crippen molar-refractivity contribution >= 4 is 24.0 Å². The van der Waals surface area contributed by atoms with Crippen molar-refractivity contribution < 1.29 is 0 Å². The Morgan fingerprint density at radius 2 is 1.20 bits per heavy atom. The summed E-state index contributed by atoms with van der Waals surface area (Å²) < 4.78 is 0. The first-order valence-electron chi connectivity index (χ1n) is 8.89. The van der Waals surface area contributed by atoms with Gasteiger partial charge in [-0.05, 0) is 56.9 Å². The van der Waals surface area contributed by atoms with E-state index in [0.29, 0.717) is 0 Å². The second kappa shape index (κ2) is 7.50. The van der Waals surface area contributed by atoms with Gasteiger partial charge in [0, 0.05) is 13.6 Å². The van der Waals surface area contributed by atoms with Gasteiger partial charge in [-0.2, -0.15) is 0 Å². The molecule has 0 fully saturated rings. The van der Waals surface area contributed by atoms with Crippen LogP contribution in [-0.4, -0.2) is 4.98 Å². The highest BCUT2D eigenvalue weighted by molar-refractivity contribution is 7.79. The van der Waals surface area contributed by atoms with Crippen LogP contribution >= 0.6 is 7.92 Å². The molecule has 0 radical (unpaired) electrons. The predicted octanol–water partition coefficient (Wildman–Crippen LogP) is 4.64. The molecule has 1 aromatic heterocycles. The predicted molar refractivity (Wildman–Crippen MR) is 111 cm³/mol. The van der Waals surface area contributed by atoms with E-state index >= 15 is 0 Å². The Balaban J connectivity index is 2.23. The topological polar surface area (TPSA) is 12.9 Å². The van der Waals surface area contributed by atoms with Gasteiger partial charge in [0.25, 0.3) is 0 Å². The van der Waals surface area contributed by atoms with Crippen molar-refractivity contribution in [1.82, 2.24) is 4.98 Å². The fraction of sp³-hybridized carbons (Fsp3) is 0.261. The van der Waals surface area contributed by atoms with Crippen LogP contribution in [0.3, 0.4) is 0 Å². The minimum atomic E-state index is -0.644. The number of aryl methyl sites for hydroxylation is 5. The largest absolute Gasteiger partial charge is 0.252 e. The van der Waals surface area contributed by atoms with Crippen LogP contribution in [-0.2, 0) is 6.42 Å². The molecule has 0 saturated carbocycles. The molecular weight excluding hydrogens is 321 g/mol. The molecule has 2 aromatic carbocycles. The monoisotopic (exact) mass is 347 g/mol. The number of pyridine rings is 1. The van der Waals surface area contributed by atoms with Gasteiger partial charge in [-0.1, -0.05) is 71.6 Å². The summed E-state index contributed by atoms with van der Waals surface area (Å²) in [6.07, 6.45) is 0.969. The second-order valence-corrected chi connectivity index (χ2v) is 9.03. The zero-order valence-corrected chi connectivity index (χ0v) is 16.7. The van der Waals surface area contributed by atoms with Crippen molar-refractivity contribution in [2.75, 3.05) is 0 Å². The maximum Gasteiger partial charge on any atom is 0.0724 e. The minimum absolute atomic E-state index is 0.644. The average Bonchev–Trinajstić information content (AvgIpc) is 2.53. The number of rotatable bonds is 4. The summed E-state index contributed by atoms with van der Waals surface area (Å²) in [5.74, 6) is 0. The van der Waals surface area contributed by atoms with Crippen molar-refractivity contribution in [1.29, 1.82) is 0 Å². The van der Waals surface area contributed by atoms with Gasteiger partial charge in [0.15, 0.2) is 0 Å². The highest BCUT2D eigenvalue weighted by atomic mass is 31.1. The van der Waals surface area contributed by atoms with Gasteiger partial charge < -0.3 is 0 Å². The lowest BCUT2D eigenvalue weighted by molar-refractivity contribution is 1.05. The number of hydrogen-bond donors (Lipinski definition) is 0. The zero-order chi connectivity index (χ0) is 18.0. The molecule has 0 unspecified atom stereocenters. The Bertz CT molecular complexity index is 806. The van der Waals surface area contributed by atoms with Crippen LogP contribution in [0.1, 0.15) is 34.9 Å². The lowest BCUT2D eigenvalue weighted by atomic mass is 10.2. The molecule has 0 amide bonds. The van der Waals surface area contributed by atoms with E-state index in [4.69, 9.17) is 4.98 Å². The average molecular weight is 347 g/mol. The Labute approximate surface area is 152 Å². The first-order valence-corrected chi connectivity index (χ1v) is 10.2. The second-order valence-electron chi connectivity index (χ2n) is 6.87. The summed E-state index contributed by atoms with van der Waals surface area (Å²) in [7, 11) is -0.644. The zero-order valence-electron chi connectivity index (χ0n) is 15.8. The Kier molecular flexibility index (Phi) is 5.35. The lowest BCUT2D eigenvalue weighted by Crippen LogP contribution is -2.24. The summed E-state index contributed by atoms with van der Waals surface area (Å²) in [6.45, 7) is 10.9. The minimum Gasteiger partial charge on any atom is -0.252 e. The van der Waals surface area contributed by atoms with E-state index in [0.717, 1.165) is 6.42 Å². The molecule has 2 heteroatoms. The van der Waals surface area contributed by atoms with Crippen LogP contribution in [0.2, 0.25) is 0 Å². The van der Waals surface area contributed by atoms with Gasteiger partial charge >= 0.3 is 0 Å². The maximum atomic E-state index is 4.99. The molecule has 0 N–H and O–H groups in total. The highest BCUT2D eigenvalue weighted by Gasteiger charge is 2.19. The first kappa shape index (κ1) is 17.8. The van der Waals surface area contributed by atoms with Gasteiger partial charge in [-0.25, -0.2) is 0 Å². The molecule has 0 aliphatic rings. The summed E-state index contributed by atoms with van der Waals surface area (Å²) >= 11 is 0. The molecule has 0 spiro atoms. The van der Waals surface area contributed by atoms with Crippen LogP contribution in [0.5, 0.6) is 0 Å². The summed E-state index contributed by atoms with van der Waals surface area (Å²) in [5, 5.41) is 2.77. The van der Waals surface area contributed by atoms with Crippen LogP contribution in [0.25, 0.3) is 0 Å². The Hall–Kier alpha value is -1.98. The van der Waals surface area contributed by atoms with E-state index < -0.39 is 7.92 Å². The fourth-order valence-electron chi connectivity index (χ4n) is 3.36. The number of hydrogen-bond acceptors (Lipinski definition) is 1. The fourth-order valence-corrected chi connectivity index (χ4v) is 5.98. The van der Waals surface area contributed by atoms with Crippen molar-refractivity contribution in [3.8, 4) is 0 Å². The third kappa shape index (κ3) is 4.17. The maximum absolute atomic E-state index is 4.99. The molecule has 3 aromatic rings. The Morgan fingerprint density at radius 1 is 0.720 bits per heavy atom. The van der Waals surface area contributed by atoms with Gasteiger partial charge in [-0.3, -0.25) is 4.98 Å². The number of aromatic nitrogens is 1. The third-order valence-corrected chi connectivity index (χ3v) is 6.57. The quantitative estimate of drug-likeness (QED) is 0.627. The molecule has 1 heterocycles. The summed E-state index contributed by atoms with van der Waals surface area (Å²) in [6, 6.07) is 20.3. The SMILES string of the molecule is CCc1cccc(P(c2cc(C)cc(C)c2)c2cc(C)cc(C)c2)n1. The number of nitrogens with zero attached hydrogens (tertiary/aromatic N) is 1. The van der Waals surface area contributed by atoms with E-state index in [2.05, 4.69) is 89.2 Å². The molecule has 25 heavy (non-hydrogen) atoms. The molecule has 1 nitrogen and oxygen atoms in total. The van der Waals surface area contributed by atoms with E-state index in [9.17, 15) is 0 Å². The van der Waals surface area contributed by atoms with Crippen molar-refractivity contribution in [2.24, 2.45) is 0 Å².